The number of methoxy groups -OCH3 is 1. The average molecular weight is 399 g/mol. The van der Waals surface area contributed by atoms with Crippen LogP contribution in [0.2, 0.25) is 0 Å². The lowest BCUT2D eigenvalue weighted by Gasteiger charge is -2.29. The maximum absolute atomic E-state index is 5.94. The molecule has 2 atom stereocenters. The van der Waals surface area contributed by atoms with Crippen molar-refractivity contribution in [3.05, 3.63) is 60.2 Å². The van der Waals surface area contributed by atoms with Gasteiger partial charge in [0.15, 0.2) is 0 Å². The smallest absolute Gasteiger partial charge is 0.276 e. The lowest BCUT2D eigenvalue weighted by Crippen LogP contribution is -3.13. The number of thioether (sulfide) groups is 1. The van der Waals surface area contributed by atoms with E-state index in [4.69, 9.17) is 13.9 Å². The van der Waals surface area contributed by atoms with Crippen LogP contribution in [0.25, 0.3) is 11.5 Å². The second-order valence-electron chi connectivity index (χ2n) is 6.77. The predicted molar refractivity (Wildman–Crippen MR) is 108 cm³/mol. The second-order valence-corrected chi connectivity index (χ2v) is 7.74. The quantitative estimate of drug-likeness (QED) is 0.617. The molecule has 2 aromatic carbocycles. The molecule has 28 heavy (non-hydrogen) atoms. The van der Waals surface area contributed by atoms with Crippen LogP contribution in [-0.4, -0.2) is 48.9 Å². The van der Waals surface area contributed by atoms with E-state index >= 15 is 0 Å². The van der Waals surface area contributed by atoms with Crippen molar-refractivity contribution in [3.63, 3.8) is 0 Å². The van der Waals surface area contributed by atoms with Crippen molar-refractivity contribution in [2.24, 2.45) is 0 Å². The number of quaternary nitrogens is 1. The molecule has 0 amide bonds. The van der Waals surface area contributed by atoms with E-state index in [1.165, 1.54) is 5.56 Å². The molecule has 0 bridgehead atoms. The number of nitrogens with zero attached hydrogens (tertiary/aromatic N) is 2. The number of rotatable bonds is 7. The molecular formula is C21H24N3O3S+. The lowest BCUT2D eigenvalue weighted by molar-refractivity contribution is -0.924. The fourth-order valence-electron chi connectivity index (χ4n) is 3.29. The monoisotopic (exact) mass is 398 g/mol. The van der Waals surface area contributed by atoms with Gasteiger partial charge in [0.25, 0.3) is 5.22 Å². The third kappa shape index (κ3) is 4.92. The van der Waals surface area contributed by atoms with Crippen molar-refractivity contribution in [1.82, 2.24) is 10.2 Å². The van der Waals surface area contributed by atoms with E-state index in [9.17, 15) is 0 Å². The van der Waals surface area contributed by atoms with Gasteiger partial charge in [-0.2, -0.15) is 0 Å². The summed E-state index contributed by atoms with van der Waals surface area (Å²) in [6, 6.07) is 18.2. The Bertz CT molecular complexity index is 870. The first kappa shape index (κ1) is 19.0. The largest absolute Gasteiger partial charge is 0.497 e. The molecule has 1 saturated heterocycles. The van der Waals surface area contributed by atoms with Crippen LogP contribution in [0, 0.1) is 0 Å². The number of nitrogens with one attached hydrogen (secondary N) is 1. The zero-order valence-electron chi connectivity index (χ0n) is 15.8. The van der Waals surface area contributed by atoms with Crippen LogP contribution in [0.1, 0.15) is 5.56 Å². The number of hydrogen-bond donors (Lipinski definition) is 1. The molecule has 0 radical (unpaired) electrons. The zero-order valence-corrected chi connectivity index (χ0v) is 16.7. The molecule has 1 aliphatic heterocycles. The fourth-order valence-corrected chi connectivity index (χ4v) is 4.07. The van der Waals surface area contributed by atoms with Gasteiger partial charge in [0.05, 0.1) is 13.7 Å². The Balaban J connectivity index is 1.30. The summed E-state index contributed by atoms with van der Waals surface area (Å²) in [6.07, 6.45) is 0.189. The third-order valence-electron chi connectivity index (χ3n) is 4.76. The van der Waals surface area contributed by atoms with E-state index in [0.717, 1.165) is 43.3 Å². The van der Waals surface area contributed by atoms with Crippen LogP contribution in [0.3, 0.4) is 0 Å². The second kappa shape index (κ2) is 9.23. The standard InChI is InChI=1S/C21H23N3O3S/c1-25-18-9-7-17(8-10-18)20-22-23-21(27-20)28-15-19-14-24(11-12-26-19)13-16-5-3-2-4-6-16/h2-10,19H,11-15H2,1H3/p+1/t19-/m0/s1. The number of benzene rings is 2. The highest BCUT2D eigenvalue weighted by atomic mass is 32.2. The first-order valence-electron chi connectivity index (χ1n) is 9.40. The number of hydrogen-bond acceptors (Lipinski definition) is 6. The van der Waals surface area contributed by atoms with Crippen LogP contribution in [0.4, 0.5) is 0 Å². The van der Waals surface area contributed by atoms with Gasteiger partial charge >= 0.3 is 0 Å². The van der Waals surface area contributed by atoms with E-state index in [1.54, 1.807) is 23.8 Å². The topological polar surface area (TPSA) is 61.8 Å². The molecule has 0 aliphatic carbocycles. The van der Waals surface area contributed by atoms with Gasteiger partial charge in [0, 0.05) is 16.9 Å². The highest BCUT2D eigenvalue weighted by Gasteiger charge is 2.24. The van der Waals surface area contributed by atoms with Crippen LogP contribution < -0.4 is 9.64 Å². The zero-order chi connectivity index (χ0) is 19.2. The Kier molecular flexibility index (Phi) is 6.26. The summed E-state index contributed by atoms with van der Waals surface area (Å²) < 4.78 is 16.9. The summed E-state index contributed by atoms with van der Waals surface area (Å²) in [4.78, 5) is 1.55. The molecule has 7 heteroatoms. The summed E-state index contributed by atoms with van der Waals surface area (Å²) in [6.45, 7) is 3.85. The Morgan fingerprint density at radius 3 is 2.71 bits per heavy atom. The molecule has 1 aromatic heterocycles. The molecule has 0 spiro atoms. The SMILES string of the molecule is COc1ccc(-c2nnc(SC[C@@H]3C[NH+](Cc4ccccc4)CCO3)o2)cc1. The molecule has 4 rings (SSSR count). The maximum atomic E-state index is 5.94. The van der Waals surface area contributed by atoms with Crippen molar-refractivity contribution < 1.29 is 18.8 Å². The van der Waals surface area contributed by atoms with Gasteiger partial charge in [-0.05, 0) is 24.3 Å². The molecule has 1 aliphatic rings. The molecule has 3 aromatic rings. The molecule has 1 unspecified atom stereocenters. The molecule has 2 heterocycles. The van der Waals surface area contributed by atoms with Crippen molar-refractivity contribution in [2.75, 3.05) is 32.6 Å². The summed E-state index contributed by atoms with van der Waals surface area (Å²) in [5, 5.41) is 8.88. The van der Waals surface area contributed by atoms with Crippen molar-refractivity contribution in [3.8, 4) is 17.2 Å². The fraction of sp³-hybridized carbons (Fsp3) is 0.333. The highest BCUT2D eigenvalue weighted by molar-refractivity contribution is 7.99. The highest BCUT2D eigenvalue weighted by Crippen LogP contribution is 2.25. The number of aromatic nitrogens is 2. The Hall–Kier alpha value is -2.35. The van der Waals surface area contributed by atoms with Gasteiger partial charge in [-0.15, -0.1) is 10.2 Å². The summed E-state index contributed by atoms with van der Waals surface area (Å²) in [5.41, 5.74) is 2.25. The van der Waals surface area contributed by atoms with Gasteiger partial charge in [-0.25, -0.2) is 0 Å². The molecule has 146 valence electrons. The average Bonchev–Trinajstić information content (AvgIpc) is 3.22. The minimum absolute atomic E-state index is 0.189. The van der Waals surface area contributed by atoms with Crippen LogP contribution in [0.15, 0.2) is 64.2 Å². The van der Waals surface area contributed by atoms with Crippen LogP contribution in [0.5, 0.6) is 5.75 Å². The van der Waals surface area contributed by atoms with E-state index in [-0.39, 0.29) is 6.10 Å². The third-order valence-corrected chi connectivity index (χ3v) is 5.71. The van der Waals surface area contributed by atoms with E-state index in [1.807, 2.05) is 24.3 Å². The Morgan fingerprint density at radius 2 is 1.93 bits per heavy atom. The van der Waals surface area contributed by atoms with Crippen molar-refractivity contribution in [2.45, 2.75) is 17.9 Å². The van der Waals surface area contributed by atoms with Gasteiger partial charge < -0.3 is 18.8 Å². The maximum Gasteiger partial charge on any atom is 0.276 e. The van der Waals surface area contributed by atoms with E-state index in [2.05, 4.69) is 40.5 Å². The summed E-state index contributed by atoms with van der Waals surface area (Å²) in [5.74, 6) is 2.13. The molecule has 0 saturated carbocycles. The van der Waals surface area contributed by atoms with Gasteiger partial charge in [-0.3, -0.25) is 0 Å². The molecular weight excluding hydrogens is 374 g/mol. The van der Waals surface area contributed by atoms with Gasteiger partial charge in [0.1, 0.15) is 31.5 Å². The van der Waals surface area contributed by atoms with Crippen molar-refractivity contribution in [1.29, 1.82) is 0 Å². The summed E-state index contributed by atoms with van der Waals surface area (Å²) in [7, 11) is 1.65. The number of morpholine rings is 1. The Labute approximate surface area is 168 Å². The van der Waals surface area contributed by atoms with E-state index < -0.39 is 0 Å². The van der Waals surface area contributed by atoms with Crippen LogP contribution in [-0.2, 0) is 11.3 Å². The van der Waals surface area contributed by atoms with Crippen LogP contribution >= 0.6 is 11.8 Å². The first-order chi connectivity index (χ1) is 13.8. The van der Waals surface area contributed by atoms with Gasteiger partial charge in [0.2, 0.25) is 5.89 Å². The van der Waals surface area contributed by atoms with Gasteiger partial charge in [-0.1, -0.05) is 42.1 Å². The van der Waals surface area contributed by atoms with E-state index in [0.29, 0.717) is 11.1 Å². The Morgan fingerprint density at radius 1 is 1.11 bits per heavy atom. The normalized spacial score (nSPS) is 19.5. The lowest BCUT2D eigenvalue weighted by atomic mass is 10.2. The molecule has 1 N–H and O–H groups in total. The minimum atomic E-state index is 0.189. The minimum Gasteiger partial charge on any atom is -0.497 e. The first-order valence-corrected chi connectivity index (χ1v) is 10.4. The number of ether oxygens (including phenoxy) is 2. The van der Waals surface area contributed by atoms with Crippen molar-refractivity contribution >= 4 is 11.8 Å². The molecule has 1 fully saturated rings. The summed E-state index contributed by atoms with van der Waals surface area (Å²) >= 11 is 1.56. The predicted octanol–water partition coefficient (Wildman–Crippen LogP) is 2.32. The molecule has 6 nitrogen and oxygen atoms in total.